The van der Waals surface area contributed by atoms with E-state index >= 15 is 0 Å². The van der Waals surface area contributed by atoms with Crippen molar-refractivity contribution in [2.75, 3.05) is 50.7 Å². The molecule has 1 aliphatic heterocycles. The van der Waals surface area contributed by atoms with Crippen molar-refractivity contribution in [3.8, 4) is 11.5 Å². The molecule has 0 unspecified atom stereocenters. The van der Waals surface area contributed by atoms with Crippen LogP contribution in [0.15, 0.2) is 24.3 Å². The predicted octanol–water partition coefficient (Wildman–Crippen LogP) is 1.96. The van der Waals surface area contributed by atoms with Gasteiger partial charge in [0.1, 0.15) is 23.1 Å². The molecule has 0 radical (unpaired) electrons. The first kappa shape index (κ1) is 19.7. The number of anilines is 2. The second-order valence-electron chi connectivity index (χ2n) is 6.29. The summed E-state index contributed by atoms with van der Waals surface area (Å²) >= 11 is 0. The van der Waals surface area contributed by atoms with Gasteiger partial charge in [-0.1, -0.05) is 0 Å². The van der Waals surface area contributed by atoms with Gasteiger partial charge in [-0.25, -0.2) is 14.8 Å². The number of rotatable bonds is 6. The first-order valence-electron chi connectivity index (χ1n) is 9.02. The number of nitrogens with zero attached hydrogens (tertiary/aromatic N) is 3. The van der Waals surface area contributed by atoms with Gasteiger partial charge in [-0.2, -0.15) is 0 Å². The van der Waals surface area contributed by atoms with E-state index in [-0.39, 0.29) is 12.6 Å². The highest BCUT2D eigenvalue weighted by molar-refractivity contribution is 5.89. The molecule has 0 atom stereocenters. The van der Waals surface area contributed by atoms with Gasteiger partial charge in [0.25, 0.3) is 0 Å². The molecule has 1 fully saturated rings. The third-order valence-corrected chi connectivity index (χ3v) is 4.24. The van der Waals surface area contributed by atoms with Crippen molar-refractivity contribution in [1.82, 2.24) is 15.3 Å². The molecule has 9 nitrogen and oxygen atoms in total. The lowest BCUT2D eigenvalue weighted by Crippen LogP contribution is -2.37. The molecule has 9 heteroatoms. The summed E-state index contributed by atoms with van der Waals surface area (Å²) in [7, 11) is 3.11. The zero-order valence-corrected chi connectivity index (χ0v) is 16.3. The molecular weight excluding hydrogens is 362 g/mol. The maximum Gasteiger partial charge on any atom is 0.319 e. The fraction of sp³-hybridized carbons (Fsp3) is 0.421. The molecule has 0 spiro atoms. The lowest BCUT2D eigenvalue weighted by Gasteiger charge is -2.28. The Bertz CT molecular complexity index is 802. The highest BCUT2D eigenvalue weighted by atomic mass is 16.5. The number of urea groups is 1. The molecule has 2 aromatic rings. The summed E-state index contributed by atoms with van der Waals surface area (Å²) in [6, 6.07) is 6.73. The number of hydrogen-bond donors (Lipinski definition) is 2. The molecule has 1 aromatic carbocycles. The Hall–Kier alpha value is -3.07. The number of nitrogens with one attached hydrogen (secondary N) is 2. The first-order valence-corrected chi connectivity index (χ1v) is 9.02. The molecule has 0 bridgehead atoms. The highest BCUT2D eigenvalue weighted by Gasteiger charge is 2.14. The number of benzene rings is 1. The second kappa shape index (κ2) is 9.23. The van der Waals surface area contributed by atoms with Crippen molar-refractivity contribution in [3.05, 3.63) is 35.8 Å². The van der Waals surface area contributed by atoms with Crippen molar-refractivity contribution in [3.63, 3.8) is 0 Å². The molecule has 0 saturated carbocycles. The number of morpholine rings is 1. The Labute approximate surface area is 164 Å². The van der Waals surface area contributed by atoms with Crippen LogP contribution in [0.2, 0.25) is 0 Å². The zero-order valence-electron chi connectivity index (χ0n) is 16.3. The lowest BCUT2D eigenvalue weighted by molar-refractivity contribution is 0.122. The molecule has 2 heterocycles. The Kier molecular flexibility index (Phi) is 6.49. The average molecular weight is 387 g/mol. The van der Waals surface area contributed by atoms with E-state index in [0.717, 1.165) is 24.6 Å². The van der Waals surface area contributed by atoms with Crippen LogP contribution in [0.25, 0.3) is 0 Å². The van der Waals surface area contributed by atoms with Gasteiger partial charge in [-0.3, -0.25) is 0 Å². The van der Waals surface area contributed by atoms with Gasteiger partial charge in [0.2, 0.25) is 0 Å². The van der Waals surface area contributed by atoms with E-state index in [1.807, 2.05) is 13.0 Å². The number of aromatic nitrogens is 2. The third kappa shape index (κ3) is 5.23. The van der Waals surface area contributed by atoms with Gasteiger partial charge in [0.05, 0.1) is 34.0 Å². The van der Waals surface area contributed by atoms with Crippen LogP contribution < -0.4 is 25.0 Å². The van der Waals surface area contributed by atoms with E-state index in [1.165, 1.54) is 0 Å². The van der Waals surface area contributed by atoms with E-state index < -0.39 is 0 Å². The Morgan fingerprint density at radius 1 is 1.11 bits per heavy atom. The van der Waals surface area contributed by atoms with Gasteiger partial charge in [-0.05, 0) is 6.92 Å². The van der Waals surface area contributed by atoms with E-state index in [4.69, 9.17) is 14.2 Å². The van der Waals surface area contributed by atoms with Crippen LogP contribution in [-0.4, -0.2) is 56.5 Å². The van der Waals surface area contributed by atoms with Crippen LogP contribution in [0.4, 0.5) is 16.3 Å². The largest absolute Gasteiger partial charge is 0.497 e. The molecule has 150 valence electrons. The predicted molar refractivity (Wildman–Crippen MR) is 105 cm³/mol. The van der Waals surface area contributed by atoms with Gasteiger partial charge >= 0.3 is 6.03 Å². The standard InChI is InChI=1S/C19H25N5O4/c1-13-8-18(24-4-6-28-7-5-24)23-17(21-13)12-20-19(25)22-14-9-15(26-2)11-16(10-14)27-3/h8-11H,4-7,12H2,1-3H3,(H2,20,22,25). The fourth-order valence-corrected chi connectivity index (χ4v) is 2.86. The van der Waals surface area contributed by atoms with Crippen molar-refractivity contribution in [2.45, 2.75) is 13.5 Å². The summed E-state index contributed by atoms with van der Waals surface area (Å²) in [4.78, 5) is 23.4. The van der Waals surface area contributed by atoms with Crippen LogP contribution in [0, 0.1) is 6.92 Å². The van der Waals surface area contributed by atoms with Crippen LogP contribution in [0.3, 0.4) is 0 Å². The maximum atomic E-state index is 12.3. The third-order valence-electron chi connectivity index (χ3n) is 4.24. The number of aryl methyl sites for hydroxylation is 1. The topological polar surface area (TPSA) is 97.8 Å². The first-order chi connectivity index (χ1) is 13.6. The molecule has 1 aliphatic rings. The van der Waals surface area contributed by atoms with Gasteiger partial charge in [-0.15, -0.1) is 0 Å². The normalized spacial score (nSPS) is 13.8. The SMILES string of the molecule is COc1cc(NC(=O)NCc2nc(C)cc(N3CCOCC3)n2)cc(OC)c1. The summed E-state index contributed by atoms with van der Waals surface area (Å²) in [5.41, 5.74) is 1.42. The summed E-state index contributed by atoms with van der Waals surface area (Å²) in [5, 5.41) is 5.54. The number of methoxy groups -OCH3 is 2. The number of carbonyl (C=O) groups excluding carboxylic acids is 1. The average Bonchev–Trinajstić information content (AvgIpc) is 2.72. The molecule has 1 aromatic heterocycles. The minimum Gasteiger partial charge on any atom is -0.497 e. The van der Waals surface area contributed by atoms with Crippen LogP contribution in [0.5, 0.6) is 11.5 Å². The summed E-state index contributed by atoms with van der Waals surface area (Å²) in [6.07, 6.45) is 0. The summed E-state index contributed by atoms with van der Waals surface area (Å²) in [6.45, 7) is 5.08. The monoisotopic (exact) mass is 387 g/mol. The van der Waals surface area contributed by atoms with E-state index in [2.05, 4.69) is 25.5 Å². The number of ether oxygens (including phenoxy) is 3. The van der Waals surface area contributed by atoms with Crippen molar-refractivity contribution in [1.29, 1.82) is 0 Å². The number of amides is 2. The quantitative estimate of drug-likeness (QED) is 0.782. The van der Waals surface area contributed by atoms with E-state index in [9.17, 15) is 4.79 Å². The fourth-order valence-electron chi connectivity index (χ4n) is 2.86. The molecule has 2 amide bonds. The van der Waals surface area contributed by atoms with Gasteiger partial charge in [0.15, 0.2) is 0 Å². The Morgan fingerprint density at radius 2 is 1.79 bits per heavy atom. The molecule has 2 N–H and O–H groups in total. The summed E-state index contributed by atoms with van der Waals surface area (Å²) in [5.74, 6) is 2.59. The lowest BCUT2D eigenvalue weighted by atomic mass is 10.3. The van der Waals surface area contributed by atoms with Gasteiger partial charge in [0, 0.05) is 48.7 Å². The number of carbonyl (C=O) groups is 1. The second-order valence-corrected chi connectivity index (χ2v) is 6.29. The molecule has 0 aliphatic carbocycles. The zero-order chi connectivity index (χ0) is 19.9. The smallest absolute Gasteiger partial charge is 0.319 e. The van der Waals surface area contributed by atoms with Crippen LogP contribution >= 0.6 is 0 Å². The van der Waals surface area contributed by atoms with E-state index in [0.29, 0.717) is 36.2 Å². The van der Waals surface area contributed by atoms with Crippen LogP contribution in [0.1, 0.15) is 11.5 Å². The van der Waals surface area contributed by atoms with Crippen LogP contribution in [-0.2, 0) is 11.3 Å². The maximum absolute atomic E-state index is 12.3. The van der Waals surface area contributed by atoms with Crippen molar-refractivity contribution in [2.24, 2.45) is 0 Å². The number of hydrogen-bond acceptors (Lipinski definition) is 7. The molecular formula is C19H25N5O4. The van der Waals surface area contributed by atoms with Crippen molar-refractivity contribution >= 4 is 17.5 Å². The minimum absolute atomic E-state index is 0.214. The van der Waals surface area contributed by atoms with E-state index in [1.54, 1.807) is 32.4 Å². The minimum atomic E-state index is -0.367. The Morgan fingerprint density at radius 3 is 2.43 bits per heavy atom. The molecule has 28 heavy (non-hydrogen) atoms. The molecule has 3 rings (SSSR count). The molecule has 1 saturated heterocycles. The highest BCUT2D eigenvalue weighted by Crippen LogP contribution is 2.25. The van der Waals surface area contributed by atoms with Gasteiger partial charge < -0.3 is 29.7 Å². The Balaban J connectivity index is 1.62. The summed E-state index contributed by atoms with van der Waals surface area (Å²) < 4.78 is 15.8. The van der Waals surface area contributed by atoms with Crippen molar-refractivity contribution < 1.29 is 19.0 Å².